The summed E-state index contributed by atoms with van der Waals surface area (Å²) < 4.78 is 42.7. The molecule has 0 spiro atoms. The molecule has 0 radical (unpaired) electrons. The number of rotatable bonds is 3. The van der Waals surface area contributed by atoms with Crippen molar-refractivity contribution in [3.63, 3.8) is 0 Å². The van der Waals surface area contributed by atoms with Crippen LogP contribution in [0.2, 0.25) is 0 Å². The van der Waals surface area contributed by atoms with Crippen molar-refractivity contribution in [2.45, 2.75) is 12.7 Å². The highest BCUT2D eigenvalue weighted by molar-refractivity contribution is 5.74. The van der Waals surface area contributed by atoms with Gasteiger partial charge in [0.2, 0.25) is 5.95 Å². The van der Waals surface area contributed by atoms with Gasteiger partial charge in [-0.2, -0.15) is 18.2 Å². The molecule has 1 aliphatic heterocycles. The van der Waals surface area contributed by atoms with Gasteiger partial charge in [0.1, 0.15) is 0 Å². The number of alkyl halides is 3. The van der Waals surface area contributed by atoms with E-state index in [0.717, 1.165) is 29.8 Å². The van der Waals surface area contributed by atoms with Crippen LogP contribution in [-0.4, -0.2) is 44.9 Å². The number of imidazole rings is 1. The van der Waals surface area contributed by atoms with Gasteiger partial charge < -0.3 is 10.2 Å². The van der Waals surface area contributed by atoms with Gasteiger partial charge in [0.05, 0.1) is 12.1 Å². The summed E-state index contributed by atoms with van der Waals surface area (Å²) in [5, 5.41) is 3.24. The molecule has 8 nitrogen and oxygen atoms in total. The van der Waals surface area contributed by atoms with Crippen LogP contribution in [0, 0.1) is 0 Å². The van der Waals surface area contributed by atoms with Gasteiger partial charge in [-0.3, -0.25) is 18.5 Å². The molecular weight excluding hydrogens is 401 g/mol. The average Bonchev–Trinajstić information content (AvgIpc) is 3.10. The Morgan fingerprint density at radius 2 is 1.67 bits per heavy atom. The third-order valence-corrected chi connectivity index (χ3v) is 5.35. The topological polar surface area (TPSA) is 77.1 Å². The summed E-state index contributed by atoms with van der Waals surface area (Å²) in [4.78, 5) is 31.8. The van der Waals surface area contributed by atoms with Crippen molar-refractivity contribution in [3.05, 3.63) is 56.2 Å². The first-order valence-corrected chi connectivity index (χ1v) is 9.46. The van der Waals surface area contributed by atoms with E-state index in [0.29, 0.717) is 24.6 Å². The highest BCUT2D eigenvalue weighted by Gasteiger charge is 2.30. The van der Waals surface area contributed by atoms with Crippen LogP contribution in [0.1, 0.15) is 11.1 Å². The fourth-order valence-electron chi connectivity index (χ4n) is 3.67. The lowest BCUT2D eigenvalue weighted by Crippen LogP contribution is -2.44. The monoisotopic (exact) mass is 422 g/mol. The van der Waals surface area contributed by atoms with Gasteiger partial charge in [0.15, 0.2) is 11.2 Å². The predicted molar refractivity (Wildman–Crippen MR) is 106 cm³/mol. The number of aromatic nitrogens is 4. The molecule has 0 aliphatic carbocycles. The quantitative estimate of drug-likeness (QED) is 0.679. The lowest BCUT2D eigenvalue weighted by atomic mass is 10.1. The first-order valence-electron chi connectivity index (χ1n) is 9.46. The van der Waals surface area contributed by atoms with Crippen molar-refractivity contribution in [1.29, 1.82) is 0 Å². The normalized spacial score (nSPS) is 15.2. The zero-order chi connectivity index (χ0) is 21.6. The molecule has 1 aliphatic rings. The Morgan fingerprint density at radius 1 is 1.03 bits per heavy atom. The maximum Gasteiger partial charge on any atom is 0.416 e. The molecule has 1 fully saturated rings. The summed E-state index contributed by atoms with van der Waals surface area (Å²) in [6.07, 6.45) is -4.42. The summed E-state index contributed by atoms with van der Waals surface area (Å²) in [6, 6.07) is 4.82. The molecule has 1 saturated heterocycles. The number of anilines is 1. The zero-order valence-corrected chi connectivity index (χ0v) is 16.5. The number of aryl methyl sites for hydroxylation is 1. The maximum absolute atomic E-state index is 12.9. The highest BCUT2D eigenvalue weighted by atomic mass is 19.4. The van der Waals surface area contributed by atoms with Gasteiger partial charge in [-0.25, -0.2) is 4.79 Å². The number of nitrogens with one attached hydrogen (secondary N) is 1. The van der Waals surface area contributed by atoms with Crippen LogP contribution in [0.25, 0.3) is 11.2 Å². The van der Waals surface area contributed by atoms with E-state index in [9.17, 15) is 22.8 Å². The number of hydrogen-bond acceptors (Lipinski definition) is 5. The van der Waals surface area contributed by atoms with E-state index in [4.69, 9.17) is 0 Å². The molecule has 2 aromatic heterocycles. The number of nitrogens with zero attached hydrogens (tertiary/aromatic N) is 5. The zero-order valence-electron chi connectivity index (χ0n) is 16.5. The number of piperazine rings is 1. The van der Waals surface area contributed by atoms with Crippen molar-refractivity contribution >= 4 is 17.1 Å². The van der Waals surface area contributed by atoms with Crippen LogP contribution in [0.4, 0.5) is 19.1 Å². The molecule has 3 heterocycles. The second kappa shape index (κ2) is 7.31. The molecule has 3 aromatic rings. The van der Waals surface area contributed by atoms with Gasteiger partial charge in [-0.15, -0.1) is 0 Å². The molecule has 160 valence electrons. The molecule has 0 amide bonds. The van der Waals surface area contributed by atoms with Crippen molar-refractivity contribution in [2.24, 2.45) is 14.1 Å². The number of hydrogen-bond donors (Lipinski definition) is 1. The molecule has 0 saturated carbocycles. The summed E-state index contributed by atoms with van der Waals surface area (Å²) in [7, 11) is 2.94. The van der Waals surface area contributed by atoms with Gasteiger partial charge in [0.25, 0.3) is 5.56 Å². The fourth-order valence-corrected chi connectivity index (χ4v) is 3.67. The van der Waals surface area contributed by atoms with E-state index in [2.05, 4.69) is 10.3 Å². The fraction of sp³-hybridized carbons (Fsp3) is 0.421. The van der Waals surface area contributed by atoms with E-state index in [1.807, 2.05) is 4.90 Å². The van der Waals surface area contributed by atoms with Crippen LogP contribution in [0.3, 0.4) is 0 Å². The number of halogens is 3. The second-order valence-corrected chi connectivity index (χ2v) is 7.31. The first kappa shape index (κ1) is 20.2. The number of fused-ring (bicyclic) bond motifs is 1. The Bertz CT molecular complexity index is 1200. The predicted octanol–water partition coefficient (Wildman–Crippen LogP) is 0.910. The Balaban J connectivity index is 1.88. The van der Waals surface area contributed by atoms with Crippen LogP contribution in [0.15, 0.2) is 33.9 Å². The highest BCUT2D eigenvalue weighted by Crippen LogP contribution is 2.29. The Morgan fingerprint density at radius 3 is 2.27 bits per heavy atom. The minimum Gasteiger partial charge on any atom is -0.340 e. The Hall–Kier alpha value is -3.08. The van der Waals surface area contributed by atoms with Gasteiger partial charge >= 0.3 is 11.9 Å². The molecule has 30 heavy (non-hydrogen) atoms. The van der Waals surface area contributed by atoms with Crippen molar-refractivity contribution in [3.8, 4) is 0 Å². The van der Waals surface area contributed by atoms with Crippen LogP contribution < -0.4 is 21.5 Å². The van der Waals surface area contributed by atoms with E-state index in [-0.39, 0.29) is 17.7 Å². The summed E-state index contributed by atoms with van der Waals surface area (Å²) in [5.41, 5.74) is -0.624. The standard InChI is InChI=1S/C19H21F3N6O2/c1-25-15-14(16(29)26(2)18(25)30)28(17(24-15)27-9-7-23-8-10-27)11-12-3-5-13(6-4-12)19(20,21)22/h3-6,23H,7-11H2,1-2H3. The molecule has 11 heteroatoms. The summed E-state index contributed by atoms with van der Waals surface area (Å²) >= 11 is 0. The van der Waals surface area contributed by atoms with Crippen molar-refractivity contribution in [2.75, 3.05) is 31.1 Å². The lowest BCUT2D eigenvalue weighted by Gasteiger charge is -2.28. The minimum atomic E-state index is -4.42. The molecule has 1 N–H and O–H groups in total. The average molecular weight is 422 g/mol. The smallest absolute Gasteiger partial charge is 0.340 e. The van der Waals surface area contributed by atoms with E-state index >= 15 is 0 Å². The Labute approximate surface area is 169 Å². The third-order valence-electron chi connectivity index (χ3n) is 5.35. The third kappa shape index (κ3) is 3.38. The summed E-state index contributed by atoms with van der Waals surface area (Å²) in [6.45, 7) is 2.94. The largest absolute Gasteiger partial charge is 0.416 e. The van der Waals surface area contributed by atoms with E-state index in [1.165, 1.54) is 23.7 Å². The van der Waals surface area contributed by atoms with Crippen molar-refractivity contribution in [1.82, 2.24) is 24.0 Å². The SMILES string of the molecule is Cn1c(=O)c2c(nc(N3CCNCC3)n2Cc2ccc(C(F)(F)F)cc2)n(C)c1=O. The molecule has 4 rings (SSSR count). The molecule has 0 bridgehead atoms. The molecular formula is C19H21F3N6O2. The minimum absolute atomic E-state index is 0.154. The number of benzene rings is 1. The van der Waals surface area contributed by atoms with Gasteiger partial charge in [-0.05, 0) is 17.7 Å². The van der Waals surface area contributed by atoms with Crippen molar-refractivity contribution < 1.29 is 13.2 Å². The van der Waals surface area contributed by atoms with Gasteiger partial charge in [-0.1, -0.05) is 12.1 Å². The van der Waals surface area contributed by atoms with Crippen LogP contribution >= 0.6 is 0 Å². The second-order valence-electron chi connectivity index (χ2n) is 7.31. The van der Waals surface area contributed by atoms with E-state index < -0.39 is 23.0 Å². The molecule has 0 unspecified atom stereocenters. The Kier molecular flexibility index (Phi) is 4.92. The molecule has 1 aromatic carbocycles. The van der Waals surface area contributed by atoms with Gasteiger partial charge in [0, 0.05) is 40.3 Å². The van der Waals surface area contributed by atoms with Crippen LogP contribution in [0.5, 0.6) is 0 Å². The maximum atomic E-state index is 12.9. The van der Waals surface area contributed by atoms with Crippen LogP contribution in [-0.2, 0) is 26.8 Å². The van der Waals surface area contributed by atoms with E-state index in [1.54, 1.807) is 11.6 Å². The lowest BCUT2D eigenvalue weighted by molar-refractivity contribution is -0.137. The molecule has 0 atom stereocenters. The summed E-state index contributed by atoms with van der Waals surface area (Å²) in [5.74, 6) is 0.518. The first-order chi connectivity index (χ1) is 14.2.